The van der Waals surface area contributed by atoms with Gasteiger partial charge in [-0.3, -0.25) is 4.79 Å². The minimum Gasteiger partial charge on any atom is -0.486 e. The largest absolute Gasteiger partial charge is 0.486 e. The molecule has 3 rings (SSSR count). The number of carbonyl (C=O) groups excluding carboxylic acids is 1. The second kappa shape index (κ2) is 7.34. The molecule has 2 aliphatic rings. The molecule has 1 amide bonds. The number of fused-ring (bicyclic) bond motifs is 1. The summed E-state index contributed by atoms with van der Waals surface area (Å²) < 4.78 is 11.1. The summed E-state index contributed by atoms with van der Waals surface area (Å²) in [7, 11) is 0. The normalized spacial score (nSPS) is 18.8. The first-order valence-electron chi connectivity index (χ1n) is 8.19. The standard InChI is InChI=1S/C18H23NO3/c20-18(19-10-4-2-1-3-5-11-19)9-7-15-6-8-16-17(14-15)22-13-12-21-16/h6-9,14H,1-5,10-13H2/b9-7+. The Kier molecular flexibility index (Phi) is 4.99. The van der Waals surface area contributed by atoms with Gasteiger partial charge in [-0.05, 0) is 36.6 Å². The molecule has 1 saturated heterocycles. The lowest BCUT2D eigenvalue weighted by atomic mass is 10.1. The Bertz CT molecular complexity index is 545. The van der Waals surface area contributed by atoms with Crippen LogP contribution < -0.4 is 9.47 Å². The maximum atomic E-state index is 12.3. The number of carbonyl (C=O) groups is 1. The topological polar surface area (TPSA) is 38.8 Å². The molecular weight excluding hydrogens is 278 g/mol. The molecule has 0 N–H and O–H groups in total. The van der Waals surface area contributed by atoms with Crippen molar-refractivity contribution in [2.24, 2.45) is 0 Å². The molecule has 2 heterocycles. The van der Waals surface area contributed by atoms with Gasteiger partial charge in [0.05, 0.1) is 0 Å². The summed E-state index contributed by atoms with van der Waals surface area (Å²) in [6.07, 6.45) is 9.53. The molecule has 2 aliphatic heterocycles. The molecule has 0 spiro atoms. The Morgan fingerprint density at radius 2 is 1.64 bits per heavy atom. The predicted molar refractivity (Wildman–Crippen MR) is 86.1 cm³/mol. The SMILES string of the molecule is O=C(/C=C/c1ccc2c(c1)OCCO2)N1CCCCCCC1. The van der Waals surface area contributed by atoms with Gasteiger partial charge in [-0.1, -0.05) is 25.3 Å². The van der Waals surface area contributed by atoms with E-state index in [0.717, 1.165) is 43.0 Å². The minimum atomic E-state index is 0.108. The lowest BCUT2D eigenvalue weighted by Gasteiger charge is -2.23. The molecule has 0 radical (unpaired) electrons. The summed E-state index contributed by atoms with van der Waals surface area (Å²) >= 11 is 0. The van der Waals surface area contributed by atoms with E-state index >= 15 is 0 Å². The quantitative estimate of drug-likeness (QED) is 0.787. The van der Waals surface area contributed by atoms with E-state index in [4.69, 9.17) is 9.47 Å². The number of rotatable bonds is 2. The highest BCUT2D eigenvalue weighted by Crippen LogP contribution is 2.31. The van der Waals surface area contributed by atoms with Crippen molar-refractivity contribution in [3.8, 4) is 11.5 Å². The highest BCUT2D eigenvalue weighted by atomic mass is 16.6. The van der Waals surface area contributed by atoms with Gasteiger partial charge in [0.15, 0.2) is 11.5 Å². The third kappa shape index (κ3) is 3.81. The number of amides is 1. The Morgan fingerprint density at radius 1 is 0.955 bits per heavy atom. The smallest absolute Gasteiger partial charge is 0.246 e. The van der Waals surface area contributed by atoms with Crippen LogP contribution in [0.15, 0.2) is 24.3 Å². The molecule has 0 bridgehead atoms. The van der Waals surface area contributed by atoms with Crippen molar-refractivity contribution in [3.63, 3.8) is 0 Å². The van der Waals surface area contributed by atoms with E-state index < -0.39 is 0 Å². The number of ether oxygens (including phenoxy) is 2. The van der Waals surface area contributed by atoms with Crippen LogP contribution >= 0.6 is 0 Å². The maximum Gasteiger partial charge on any atom is 0.246 e. The van der Waals surface area contributed by atoms with E-state index in [-0.39, 0.29) is 5.91 Å². The van der Waals surface area contributed by atoms with Crippen molar-refractivity contribution in [3.05, 3.63) is 29.8 Å². The molecule has 0 aliphatic carbocycles. The van der Waals surface area contributed by atoms with Gasteiger partial charge in [0, 0.05) is 19.2 Å². The maximum absolute atomic E-state index is 12.3. The zero-order valence-electron chi connectivity index (χ0n) is 12.9. The van der Waals surface area contributed by atoms with Crippen molar-refractivity contribution in [2.45, 2.75) is 32.1 Å². The van der Waals surface area contributed by atoms with Crippen molar-refractivity contribution in [2.75, 3.05) is 26.3 Å². The molecular formula is C18H23NO3. The van der Waals surface area contributed by atoms with Crippen molar-refractivity contribution < 1.29 is 14.3 Å². The van der Waals surface area contributed by atoms with Gasteiger partial charge < -0.3 is 14.4 Å². The Labute approximate surface area is 131 Å². The fourth-order valence-electron chi connectivity index (χ4n) is 2.90. The second-order valence-electron chi connectivity index (χ2n) is 5.83. The molecule has 4 nitrogen and oxygen atoms in total. The Balaban J connectivity index is 1.63. The summed E-state index contributed by atoms with van der Waals surface area (Å²) in [6, 6.07) is 5.77. The van der Waals surface area contributed by atoms with Crippen LogP contribution in [0, 0.1) is 0 Å². The average Bonchev–Trinajstić information content (AvgIpc) is 2.52. The molecule has 1 aromatic carbocycles. The minimum absolute atomic E-state index is 0.108. The van der Waals surface area contributed by atoms with Gasteiger partial charge in [-0.15, -0.1) is 0 Å². The van der Waals surface area contributed by atoms with Gasteiger partial charge in [0.1, 0.15) is 13.2 Å². The summed E-state index contributed by atoms with van der Waals surface area (Å²) in [5, 5.41) is 0. The molecule has 0 unspecified atom stereocenters. The van der Waals surface area contributed by atoms with E-state index in [1.165, 1.54) is 19.3 Å². The van der Waals surface area contributed by atoms with Gasteiger partial charge in [-0.25, -0.2) is 0 Å². The zero-order chi connectivity index (χ0) is 15.2. The van der Waals surface area contributed by atoms with Crippen LogP contribution in [0.3, 0.4) is 0 Å². The highest BCUT2D eigenvalue weighted by molar-refractivity contribution is 5.91. The monoisotopic (exact) mass is 301 g/mol. The van der Waals surface area contributed by atoms with Crippen LogP contribution in [0.1, 0.15) is 37.7 Å². The molecule has 22 heavy (non-hydrogen) atoms. The van der Waals surface area contributed by atoms with Crippen molar-refractivity contribution >= 4 is 12.0 Å². The molecule has 0 aromatic heterocycles. The molecule has 0 atom stereocenters. The van der Waals surface area contributed by atoms with Gasteiger partial charge in [0.25, 0.3) is 0 Å². The average molecular weight is 301 g/mol. The first kappa shape index (κ1) is 14.9. The van der Waals surface area contributed by atoms with E-state index in [0.29, 0.717) is 13.2 Å². The number of nitrogens with zero attached hydrogens (tertiary/aromatic N) is 1. The fourth-order valence-corrected chi connectivity index (χ4v) is 2.90. The van der Waals surface area contributed by atoms with Gasteiger partial charge in [-0.2, -0.15) is 0 Å². The fraction of sp³-hybridized carbons (Fsp3) is 0.500. The summed E-state index contributed by atoms with van der Waals surface area (Å²) in [5.74, 6) is 1.64. The zero-order valence-corrected chi connectivity index (χ0v) is 12.9. The first-order valence-corrected chi connectivity index (χ1v) is 8.19. The Morgan fingerprint density at radius 3 is 2.41 bits per heavy atom. The molecule has 0 saturated carbocycles. The number of hydrogen-bond acceptors (Lipinski definition) is 3. The van der Waals surface area contributed by atoms with Gasteiger partial charge >= 0.3 is 0 Å². The van der Waals surface area contributed by atoms with E-state index in [1.54, 1.807) is 6.08 Å². The van der Waals surface area contributed by atoms with Crippen LogP contribution in [0.5, 0.6) is 11.5 Å². The van der Waals surface area contributed by atoms with Crippen molar-refractivity contribution in [1.29, 1.82) is 0 Å². The predicted octanol–water partition coefficient (Wildman–Crippen LogP) is 3.26. The summed E-state index contributed by atoms with van der Waals surface area (Å²) in [6.45, 7) is 2.93. The molecule has 1 aromatic rings. The summed E-state index contributed by atoms with van der Waals surface area (Å²) in [4.78, 5) is 14.3. The summed E-state index contributed by atoms with van der Waals surface area (Å²) in [5.41, 5.74) is 0.963. The molecule has 1 fully saturated rings. The Hall–Kier alpha value is -1.97. The lowest BCUT2D eigenvalue weighted by molar-refractivity contribution is -0.126. The second-order valence-corrected chi connectivity index (χ2v) is 5.83. The van der Waals surface area contributed by atoms with Crippen LogP contribution in [0.25, 0.3) is 6.08 Å². The number of likely N-dealkylation sites (tertiary alicyclic amines) is 1. The third-order valence-electron chi connectivity index (χ3n) is 4.15. The van der Waals surface area contributed by atoms with Crippen LogP contribution in [-0.2, 0) is 4.79 Å². The van der Waals surface area contributed by atoms with Crippen molar-refractivity contribution in [1.82, 2.24) is 4.90 Å². The van der Waals surface area contributed by atoms with Crippen LogP contribution in [-0.4, -0.2) is 37.1 Å². The van der Waals surface area contributed by atoms with E-state index in [1.807, 2.05) is 29.2 Å². The van der Waals surface area contributed by atoms with E-state index in [2.05, 4.69) is 0 Å². The highest BCUT2D eigenvalue weighted by Gasteiger charge is 2.13. The number of benzene rings is 1. The lowest BCUT2D eigenvalue weighted by Crippen LogP contribution is -2.32. The first-order chi connectivity index (χ1) is 10.8. The molecule has 118 valence electrons. The number of hydrogen-bond donors (Lipinski definition) is 0. The molecule has 4 heteroatoms. The van der Waals surface area contributed by atoms with Crippen LogP contribution in [0.2, 0.25) is 0 Å². The third-order valence-corrected chi connectivity index (χ3v) is 4.15. The van der Waals surface area contributed by atoms with Crippen LogP contribution in [0.4, 0.5) is 0 Å². The van der Waals surface area contributed by atoms with E-state index in [9.17, 15) is 4.79 Å². The van der Waals surface area contributed by atoms with Gasteiger partial charge in [0.2, 0.25) is 5.91 Å².